The molecule has 3 unspecified atom stereocenters. The van der Waals surface area contributed by atoms with Crippen LogP contribution in [-0.4, -0.2) is 42.8 Å². The monoisotopic (exact) mass is 282 g/mol. The van der Waals surface area contributed by atoms with E-state index in [4.69, 9.17) is 10.5 Å². The van der Waals surface area contributed by atoms with Crippen LogP contribution in [0, 0.1) is 11.3 Å². The summed E-state index contributed by atoms with van der Waals surface area (Å²) in [7, 11) is 0. The van der Waals surface area contributed by atoms with Gasteiger partial charge < -0.3 is 10.5 Å². The average Bonchev–Trinajstić information content (AvgIpc) is 2.89. The van der Waals surface area contributed by atoms with E-state index in [1.54, 1.807) is 0 Å². The molecule has 2 fully saturated rings. The van der Waals surface area contributed by atoms with Crippen LogP contribution in [0.4, 0.5) is 0 Å². The molecule has 3 atom stereocenters. The van der Waals surface area contributed by atoms with Crippen molar-refractivity contribution in [2.45, 2.75) is 71.4 Å². The summed E-state index contributed by atoms with van der Waals surface area (Å²) in [6, 6.07) is 0. The maximum absolute atomic E-state index is 6.29. The van der Waals surface area contributed by atoms with Crippen molar-refractivity contribution in [1.82, 2.24) is 4.90 Å². The lowest BCUT2D eigenvalue weighted by molar-refractivity contribution is -0.0436. The molecule has 20 heavy (non-hydrogen) atoms. The van der Waals surface area contributed by atoms with Crippen LogP contribution in [-0.2, 0) is 4.74 Å². The summed E-state index contributed by atoms with van der Waals surface area (Å²) in [6.45, 7) is 13.4. The highest BCUT2D eigenvalue weighted by atomic mass is 16.5. The predicted octanol–water partition coefficient (Wildman–Crippen LogP) is 3.03. The second kappa shape index (κ2) is 6.33. The lowest BCUT2D eigenvalue weighted by Crippen LogP contribution is -2.62. The van der Waals surface area contributed by atoms with Gasteiger partial charge in [0.15, 0.2) is 0 Å². The molecule has 0 spiro atoms. The minimum absolute atomic E-state index is 0.191. The first-order chi connectivity index (χ1) is 9.43. The smallest absolute Gasteiger partial charge is 0.0703 e. The fourth-order valence-electron chi connectivity index (χ4n) is 4.48. The van der Waals surface area contributed by atoms with Crippen molar-refractivity contribution in [2.24, 2.45) is 17.1 Å². The molecule has 0 aromatic carbocycles. The van der Waals surface area contributed by atoms with E-state index in [1.807, 2.05) is 0 Å². The SMILES string of the molecule is CCN(CC1CCCO1)C1(CN)CCC(C)(C)CC1C. The van der Waals surface area contributed by atoms with Gasteiger partial charge in [-0.1, -0.05) is 27.7 Å². The average molecular weight is 282 g/mol. The highest BCUT2D eigenvalue weighted by Gasteiger charge is 2.46. The Morgan fingerprint density at radius 2 is 2.05 bits per heavy atom. The second-order valence-electron chi connectivity index (χ2n) is 7.75. The van der Waals surface area contributed by atoms with Gasteiger partial charge in [-0.15, -0.1) is 0 Å². The molecule has 1 saturated carbocycles. The van der Waals surface area contributed by atoms with E-state index in [1.165, 1.54) is 32.1 Å². The van der Waals surface area contributed by atoms with Gasteiger partial charge in [-0.25, -0.2) is 0 Å². The molecule has 0 aromatic rings. The van der Waals surface area contributed by atoms with E-state index in [2.05, 4.69) is 32.6 Å². The third-order valence-electron chi connectivity index (χ3n) is 5.82. The van der Waals surface area contributed by atoms with E-state index in [9.17, 15) is 0 Å². The summed E-state index contributed by atoms with van der Waals surface area (Å²) in [5, 5.41) is 0. The van der Waals surface area contributed by atoms with Crippen molar-refractivity contribution in [3.63, 3.8) is 0 Å². The number of nitrogens with two attached hydrogens (primary N) is 1. The Bertz CT molecular complexity index is 312. The van der Waals surface area contributed by atoms with Crippen molar-refractivity contribution < 1.29 is 4.74 Å². The molecule has 2 rings (SSSR count). The Morgan fingerprint density at radius 3 is 2.55 bits per heavy atom. The van der Waals surface area contributed by atoms with E-state index in [-0.39, 0.29) is 5.54 Å². The number of nitrogens with zero attached hydrogens (tertiary/aromatic N) is 1. The van der Waals surface area contributed by atoms with Gasteiger partial charge in [0, 0.05) is 25.2 Å². The van der Waals surface area contributed by atoms with Crippen LogP contribution in [0.5, 0.6) is 0 Å². The minimum Gasteiger partial charge on any atom is -0.377 e. The predicted molar refractivity (Wildman–Crippen MR) is 84.8 cm³/mol. The number of rotatable bonds is 5. The molecule has 118 valence electrons. The van der Waals surface area contributed by atoms with Crippen LogP contribution in [0.2, 0.25) is 0 Å². The van der Waals surface area contributed by atoms with Gasteiger partial charge in [0.2, 0.25) is 0 Å². The van der Waals surface area contributed by atoms with Crippen LogP contribution in [0.3, 0.4) is 0 Å². The van der Waals surface area contributed by atoms with Gasteiger partial charge >= 0.3 is 0 Å². The highest BCUT2D eigenvalue weighted by molar-refractivity contribution is 5.02. The lowest BCUT2D eigenvalue weighted by Gasteiger charge is -2.54. The first-order valence-corrected chi connectivity index (χ1v) is 8.50. The molecule has 0 bridgehead atoms. The highest BCUT2D eigenvalue weighted by Crippen LogP contribution is 2.46. The van der Waals surface area contributed by atoms with Crippen molar-refractivity contribution in [3.8, 4) is 0 Å². The normalized spacial score (nSPS) is 37.5. The number of hydrogen-bond acceptors (Lipinski definition) is 3. The minimum atomic E-state index is 0.191. The Kier molecular flexibility index (Phi) is 5.14. The molecule has 1 heterocycles. The molecule has 3 nitrogen and oxygen atoms in total. The zero-order chi connectivity index (χ0) is 14.8. The van der Waals surface area contributed by atoms with E-state index < -0.39 is 0 Å². The number of ether oxygens (including phenoxy) is 1. The van der Waals surface area contributed by atoms with E-state index in [0.29, 0.717) is 17.4 Å². The molecule has 0 aromatic heterocycles. The van der Waals surface area contributed by atoms with Crippen molar-refractivity contribution in [3.05, 3.63) is 0 Å². The van der Waals surface area contributed by atoms with Gasteiger partial charge in [0.1, 0.15) is 0 Å². The third kappa shape index (κ3) is 3.20. The molecule has 0 amide bonds. The largest absolute Gasteiger partial charge is 0.377 e. The molecule has 1 aliphatic heterocycles. The summed E-state index contributed by atoms with van der Waals surface area (Å²) in [4.78, 5) is 2.64. The van der Waals surface area contributed by atoms with Crippen LogP contribution in [0.1, 0.15) is 59.8 Å². The molecule has 3 heteroatoms. The first kappa shape index (κ1) is 16.3. The molecule has 2 N–H and O–H groups in total. The van der Waals surface area contributed by atoms with Gasteiger partial charge in [-0.3, -0.25) is 4.90 Å². The maximum Gasteiger partial charge on any atom is 0.0703 e. The summed E-state index contributed by atoms with van der Waals surface area (Å²) >= 11 is 0. The van der Waals surface area contributed by atoms with Crippen molar-refractivity contribution in [1.29, 1.82) is 0 Å². The summed E-state index contributed by atoms with van der Waals surface area (Å²) < 4.78 is 5.86. The molecule has 2 aliphatic rings. The summed E-state index contributed by atoms with van der Waals surface area (Å²) in [5.74, 6) is 0.664. The summed E-state index contributed by atoms with van der Waals surface area (Å²) in [6.07, 6.45) is 6.68. The zero-order valence-corrected chi connectivity index (χ0v) is 14.0. The molecule has 0 radical (unpaired) electrons. The van der Waals surface area contributed by atoms with E-state index in [0.717, 1.165) is 26.2 Å². The Balaban J connectivity index is 2.10. The Hall–Kier alpha value is -0.120. The third-order valence-corrected chi connectivity index (χ3v) is 5.82. The van der Waals surface area contributed by atoms with Crippen LogP contribution < -0.4 is 5.73 Å². The number of likely N-dealkylation sites (N-methyl/N-ethyl adjacent to an activating group) is 1. The maximum atomic E-state index is 6.29. The van der Waals surface area contributed by atoms with Gasteiger partial charge in [0.05, 0.1) is 6.10 Å². The van der Waals surface area contributed by atoms with Crippen molar-refractivity contribution >= 4 is 0 Å². The molecular weight excluding hydrogens is 248 g/mol. The first-order valence-electron chi connectivity index (χ1n) is 8.50. The fraction of sp³-hybridized carbons (Fsp3) is 1.00. The van der Waals surface area contributed by atoms with Crippen molar-refractivity contribution in [2.75, 3.05) is 26.2 Å². The topological polar surface area (TPSA) is 38.5 Å². The lowest BCUT2D eigenvalue weighted by atomic mass is 9.63. The van der Waals surface area contributed by atoms with Gasteiger partial charge in [-0.2, -0.15) is 0 Å². The van der Waals surface area contributed by atoms with Gasteiger partial charge in [0.25, 0.3) is 0 Å². The van der Waals surface area contributed by atoms with Crippen LogP contribution in [0.25, 0.3) is 0 Å². The quantitative estimate of drug-likeness (QED) is 0.842. The van der Waals surface area contributed by atoms with E-state index >= 15 is 0 Å². The fourth-order valence-corrected chi connectivity index (χ4v) is 4.48. The second-order valence-corrected chi connectivity index (χ2v) is 7.75. The standard InChI is InChI=1S/C17H34N2O/c1-5-19(12-15-7-6-10-20-15)17(13-18)9-8-16(3,4)11-14(17)2/h14-15H,5-13,18H2,1-4H3. The molecule has 1 saturated heterocycles. The zero-order valence-electron chi connectivity index (χ0n) is 14.0. The number of hydrogen-bond donors (Lipinski definition) is 1. The summed E-state index contributed by atoms with van der Waals surface area (Å²) in [5.41, 5.74) is 6.95. The van der Waals surface area contributed by atoms with Crippen LogP contribution >= 0.6 is 0 Å². The Labute approximate surface area is 125 Å². The Morgan fingerprint density at radius 1 is 1.30 bits per heavy atom. The molecule has 1 aliphatic carbocycles. The van der Waals surface area contributed by atoms with Gasteiger partial charge in [-0.05, 0) is 50.0 Å². The van der Waals surface area contributed by atoms with Crippen LogP contribution in [0.15, 0.2) is 0 Å². The molecular formula is C17H34N2O.